The van der Waals surface area contributed by atoms with Crippen LogP contribution in [0.25, 0.3) is 0 Å². The SMILES string of the molecule is CC(=C[C@H](C(C)C)N(C)C(=O)[C@@H](NC(=O)[C@H]1CCCCN1C(C)C)C(C)C)C(=O)NCCc1ccccc1. The minimum Gasteiger partial charge on any atom is -0.352 e. The van der Waals surface area contributed by atoms with Crippen molar-refractivity contribution in [1.82, 2.24) is 20.4 Å². The van der Waals surface area contributed by atoms with E-state index in [1.54, 1.807) is 18.9 Å². The van der Waals surface area contributed by atoms with Crippen molar-refractivity contribution in [2.45, 2.75) is 98.3 Å². The first-order chi connectivity index (χ1) is 17.9. The summed E-state index contributed by atoms with van der Waals surface area (Å²) in [6.45, 7) is 15.5. The number of nitrogens with zero attached hydrogens (tertiary/aromatic N) is 2. The summed E-state index contributed by atoms with van der Waals surface area (Å²) in [4.78, 5) is 43.8. The number of piperidine rings is 1. The van der Waals surface area contributed by atoms with Gasteiger partial charge in [0.05, 0.1) is 12.1 Å². The Hall–Kier alpha value is -2.67. The van der Waals surface area contributed by atoms with Crippen LogP contribution in [0.1, 0.15) is 73.3 Å². The van der Waals surface area contributed by atoms with Gasteiger partial charge in [-0.2, -0.15) is 0 Å². The van der Waals surface area contributed by atoms with Gasteiger partial charge in [0.25, 0.3) is 0 Å². The number of likely N-dealkylation sites (N-methyl/N-ethyl adjacent to an activating group) is 1. The fourth-order valence-electron chi connectivity index (χ4n) is 5.17. The first-order valence-corrected chi connectivity index (χ1v) is 14.3. The first kappa shape index (κ1) is 31.5. The fourth-order valence-corrected chi connectivity index (χ4v) is 5.17. The topological polar surface area (TPSA) is 81.8 Å². The predicted octanol–water partition coefficient (Wildman–Crippen LogP) is 4.18. The van der Waals surface area contributed by atoms with Crippen molar-refractivity contribution >= 4 is 17.7 Å². The Morgan fingerprint density at radius 3 is 2.26 bits per heavy atom. The van der Waals surface area contributed by atoms with Crippen LogP contribution in [0.5, 0.6) is 0 Å². The van der Waals surface area contributed by atoms with Crippen LogP contribution >= 0.6 is 0 Å². The van der Waals surface area contributed by atoms with Crippen LogP contribution in [0.4, 0.5) is 0 Å². The lowest BCUT2D eigenvalue weighted by molar-refractivity contribution is -0.140. The van der Waals surface area contributed by atoms with Crippen molar-refractivity contribution < 1.29 is 14.4 Å². The number of benzene rings is 1. The van der Waals surface area contributed by atoms with Gasteiger partial charge in [0.15, 0.2) is 0 Å². The predicted molar refractivity (Wildman–Crippen MR) is 155 cm³/mol. The third-order valence-electron chi connectivity index (χ3n) is 7.54. The number of carbonyl (C=O) groups is 3. The van der Waals surface area contributed by atoms with Gasteiger partial charge in [-0.25, -0.2) is 0 Å². The molecule has 1 aromatic carbocycles. The molecule has 1 aliphatic rings. The van der Waals surface area contributed by atoms with Gasteiger partial charge in [0.1, 0.15) is 6.04 Å². The Morgan fingerprint density at radius 1 is 1.03 bits per heavy atom. The van der Waals surface area contributed by atoms with Crippen molar-refractivity contribution in [1.29, 1.82) is 0 Å². The lowest BCUT2D eigenvalue weighted by atomic mass is 9.95. The maximum atomic E-state index is 13.7. The van der Waals surface area contributed by atoms with E-state index in [0.29, 0.717) is 12.1 Å². The summed E-state index contributed by atoms with van der Waals surface area (Å²) in [6.07, 6.45) is 5.57. The van der Waals surface area contributed by atoms with E-state index in [-0.39, 0.29) is 47.7 Å². The molecule has 0 radical (unpaired) electrons. The van der Waals surface area contributed by atoms with E-state index in [4.69, 9.17) is 0 Å². The largest absolute Gasteiger partial charge is 0.352 e. The van der Waals surface area contributed by atoms with Crippen LogP contribution in [0.3, 0.4) is 0 Å². The molecule has 7 heteroatoms. The fraction of sp³-hybridized carbons (Fsp3) is 0.645. The van der Waals surface area contributed by atoms with Crippen molar-refractivity contribution in [3.8, 4) is 0 Å². The number of carbonyl (C=O) groups excluding carboxylic acids is 3. The summed E-state index contributed by atoms with van der Waals surface area (Å²) in [6, 6.07) is 9.22. The molecule has 0 spiro atoms. The maximum absolute atomic E-state index is 13.7. The third kappa shape index (κ3) is 8.97. The van der Waals surface area contributed by atoms with Gasteiger partial charge in [0, 0.05) is 25.2 Å². The van der Waals surface area contributed by atoms with E-state index >= 15 is 0 Å². The Morgan fingerprint density at radius 2 is 1.68 bits per heavy atom. The van der Waals surface area contributed by atoms with Crippen LogP contribution in [-0.4, -0.2) is 71.8 Å². The average molecular weight is 527 g/mol. The molecule has 2 N–H and O–H groups in total. The highest BCUT2D eigenvalue weighted by molar-refractivity contribution is 5.93. The molecule has 1 aliphatic heterocycles. The minimum atomic E-state index is -0.627. The van der Waals surface area contributed by atoms with Crippen molar-refractivity contribution in [3.05, 3.63) is 47.5 Å². The Bertz CT molecular complexity index is 942. The zero-order chi connectivity index (χ0) is 28.4. The van der Waals surface area contributed by atoms with Crippen LogP contribution < -0.4 is 10.6 Å². The zero-order valence-electron chi connectivity index (χ0n) is 24.8. The second-order valence-electron chi connectivity index (χ2n) is 11.6. The number of nitrogens with one attached hydrogen (secondary N) is 2. The number of amides is 3. The smallest absolute Gasteiger partial charge is 0.246 e. The van der Waals surface area contributed by atoms with E-state index < -0.39 is 6.04 Å². The normalized spacial score (nSPS) is 18.4. The number of likely N-dealkylation sites (tertiary alicyclic amines) is 1. The molecule has 38 heavy (non-hydrogen) atoms. The van der Waals surface area contributed by atoms with E-state index in [1.807, 2.05) is 64.1 Å². The first-order valence-electron chi connectivity index (χ1n) is 14.3. The summed E-state index contributed by atoms with van der Waals surface area (Å²) < 4.78 is 0. The molecule has 0 saturated carbocycles. The van der Waals surface area contributed by atoms with Crippen LogP contribution in [0, 0.1) is 11.8 Å². The monoisotopic (exact) mass is 526 g/mol. The second kappa shape index (κ2) is 15.1. The molecule has 2 rings (SSSR count). The highest BCUT2D eigenvalue weighted by atomic mass is 16.2. The molecule has 0 unspecified atom stereocenters. The van der Waals surface area contributed by atoms with E-state index in [1.165, 1.54) is 5.56 Å². The zero-order valence-corrected chi connectivity index (χ0v) is 24.8. The van der Waals surface area contributed by atoms with Crippen molar-refractivity contribution in [2.75, 3.05) is 20.1 Å². The van der Waals surface area contributed by atoms with Gasteiger partial charge < -0.3 is 15.5 Å². The molecule has 1 fully saturated rings. The highest BCUT2D eigenvalue weighted by Crippen LogP contribution is 2.21. The van der Waals surface area contributed by atoms with Gasteiger partial charge in [0.2, 0.25) is 17.7 Å². The van der Waals surface area contributed by atoms with Gasteiger partial charge in [-0.1, -0.05) is 70.5 Å². The summed E-state index contributed by atoms with van der Waals surface area (Å²) in [5.74, 6) is -0.303. The molecule has 1 aromatic rings. The lowest BCUT2D eigenvalue weighted by Crippen LogP contribution is -2.58. The van der Waals surface area contributed by atoms with Gasteiger partial charge in [-0.15, -0.1) is 0 Å². The molecule has 0 bridgehead atoms. The van der Waals surface area contributed by atoms with Gasteiger partial charge in [-0.3, -0.25) is 19.3 Å². The van der Waals surface area contributed by atoms with E-state index in [0.717, 1.165) is 32.2 Å². The Kier molecular flexibility index (Phi) is 12.5. The van der Waals surface area contributed by atoms with Crippen LogP contribution in [-0.2, 0) is 20.8 Å². The van der Waals surface area contributed by atoms with Crippen molar-refractivity contribution in [3.63, 3.8) is 0 Å². The molecule has 0 aromatic heterocycles. The molecular weight excluding hydrogens is 476 g/mol. The summed E-state index contributed by atoms with van der Waals surface area (Å²) >= 11 is 0. The van der Waals surface area contributed by atoms with E-state index in [9.17, 15) is 14.4 Å². The Labute approximate surface area is 230 Å². The number of hydrogen-bond acceptors (Lipinski definition) is 4. The second-order valence-corrected chi connectivity index (χ2v) is 11.6. The highest BCUT2D eigenvalue weighted by Gasteiger charge is 2.36. The van der Waals surface area contributed by atoms with Gasteiger partial charge >= 0.3 is 0 Å². The summed E-state index contributed by atoms with van der Waals surface area (Å²) in [7, 11) is 1.77. The van der Waals surface area contributed by atoms with Crippen LogP contribution in [0.2, 0.25) is 0 Å². The molecule has 7 nitrogen and oxygen atoms in total. The van der Waals surface area contributed by atoms with Crippen LogP contribution in [0.15, 0.2) is 42.0 Å². The molecule has 212 valence electrons. The van der Waals surface area contributed by atoms with Gasteiger partial charge in [-0.05, 0) is 64.0 Å². The third-order valence-corrected chi connectivity index (χ3v) is 7.54. The quantitative estimate of drug-likeness (QED) is 0.401. The molecule has 1 heterocycles. The number of hydrogen-bond donors (Lipinski definition) is 2. The molecule has 0 aliphatic carbocycles. The Balaban J connectivity index is 2.09. The summed E-state index contributed by atoms with van der Waals surface area (Å²) in [5, 5.41) is 6.08. The number of rotatable bonds is 12. The molecular formula is C31H50N4O3. The average Bonchev–Trinajstić information content (AvgIpc) is 2.89. The molecule has 3 atom stereocenters. The molecule has 3 amide bonds. The van der Waals surface area contributed by atoms with Crippen molar-refractivity contribution in [2.24, 2.45) is 11.8 Å². The van der Waals surface area contributed by atoms with E-state index in [2.05, 4.69) is 29.4 Å². The molecule has 1 saturated heterocycles. The maximum Gasteiger partial charge on any atom is 0.246 e. The standard InChI is InChI=1S/C31H50N4O3/c1-21(2)27(20-24(7)29(36)32-18-17-25-14-10-9-11-15-25)34(8)31(38)28(22(3)4)33-30(37)26-16-12-13-19-35(26)23(5)6/h9-11,14-15,20-23,26-28H,12-13,16-19H2,1-8H3,(H,32,36)(H,33,37)/t26-,27-,28+/m1/s1. The minimum absolute atomic E-state index is 0.0653. The summed E-state index contributed by atoms with van der Waals surface area (Å²) in [5.41, 5.74) is 1.75. The lowest BCUT2D eigenvalue weighted by Gasteiger charge is -2.39.